The van der Waals surface area contributed by atoms with Gasteiger partial charge in [0.25, 0.3) is 5.91 Å². The van der Waals surface area contributed by atoms with Crippen molar-refractivity contribution in [3.8, 4) is 23.1 Å². The molecule has 3 aliphatic rings. The first-order chi connectivity index (χ1) is 38.4. The number of aliphatic hydroxyl groups is 1. The Kier molecular flexibility index (Phi) is 19.1. The van der Waals surface area contributed by atoms with Crippen LogP contribution in [0.3, 0.4) is 0 Å². The van der Waals surface area contributed by atoms with Crippen molar-refractivity contribution in [1.82, 2.24) is 46.0 Å². The second-order valence-corrected chi connectivity index (χ2v) is 21.4. The Balaban J connectivity index is 1.19. The molecule has 3 aliphatic heterocycles. The van der Waals surface area contributed by atoms with Gasteiger partial charge in [-0.1, -0.05) is 24.0 Å². The number of methoxy groups -OCH3 is 2. The van der Waals surface area contributed by atoms with E-state index in [0.29, 0.717) is 74.1 Å². The van der Waals surface area contributed by atoms with Crippen molar-refractivity contribution in [2.45, 2.75) is 122 Å². The fourth-order valence-electron chi connectivity index (χ4n) is 9.87. The summed E-state index contributed by atoms with van der Waals surface area (Å²) in [4.78, 5) is 62.6. The SMILES string of the molecule is COC(=O)NC(C(=O)N[C@@H](Cc1ccc(C#Cc2cnc(N3CC4CCC(C3)N4C3COC3)cc2C)cc1)[C@@H](O)CN(Cc1c(F)cc(-c2ccn(C(F)F)n2)cc1F)NC(=O)[C@@H](NC(=O)OC)C(C)(C)C(F)(F)F)C(C)(C)C(F)(F)F. The highest BCUT2D eigenvalue weighted by molar-refractivity contribution is 5.87. The van der Waals surface area contributed by atoms with Crippen molar-refractivity contribution in [3.63, 3.8) is 0 Å². The third kappa shape index (κ3) is 14.2. The average molecular weight is 1170 g/mol. The summed E-state index contributed by atoms with van der Waals surface area (Å²) >= 11 is 0. The van der Waals surface area contributed by atoms with Crippen molar-refractivity contribution in [3.05, 3.63) is 100 Å². The number of ether oxygens (including phenoxy) is 3. The smallest absolute Gasteiger partial charge is 0.407 e. The molecule has 18 nitrogen and oxygen atoms in total. The number of amides is 4. The summed E-state index contributed by atoms with van der Waals surface area (Å²) in [6.07, 6.45) is -11.3. The van der Waals surface area contributed by atoms with E-state index in [1.54, 1.807) is 23.6 Å². The third-order valence-corrected chi connectivity index (χ3v) is 15.1. The molecule has 4 aromatic rings. The van der Waals surface area contributed by atoms with Gasteiger partial charge < -0.3 is 40.2 Å². The van der Waals surface area contributed by atoms with E-state index in [2.05, 4.69) is 41.5 Å². The summed E-state index contributed by atoms with van der Waals surface area (Å²) in [5.74, 6) is 0.911. The summed E-state index contributed by atoms with van der Waals surface area (Å²) in [5.41, 5.74) is -3.50. The van der Waals surface area contributed by atoms with Crippen molar-refractivity contribution in [1.29, 1.82) is 0 Å². The lowest BCUT2D eigenvalue weighted by molar-refractivity contribution is -0.221. The Labute approximate surface area is 465 Å². The van der Waals surface area contributed by atoms with Gasteiger partial charge in [0.05, 0.1) is 62.1 Å². The molecule has 6 atom stereocenters. The zero-order chi connectivity index (χ0) is 60.2. The highest BCUT2D eigenvalue weighted by Gasteiger charge is 2.57. The number of hydrogen-bond donors (Lipinski definition) is 5. The van der Waals surface area contributed by atoms with Crippen LogP contribution in [0.2, 0.25) is 0 Å². The summed E-state index contributed by atoms with van der Waals surface area (Å²) in [6, 6.07) is 4.89. The zero-order valence-electron chi connectivity index (χ0n) is 45.5. The fourth-order valence-corrected chi connectivity index (χ4v) is 9.87. The number of aryl methyl sites for hydroxylation is 1. The van der Waals surface area contributed by atoms with E-state index in [1.807, 2.05) is 23.7 Å². The van der Waals surface area contributed by atoms with Gasteiger partial charge in [-0.2, -0.15) is 40.2 Å². The molecule has 0 aliphatic carbocycles. The lowest BCUT2D eigenvalue weighted by Gasteiger charge is -2.48. The van der Waals surface area contributed by atoms with Crippen LogP contribution in [0.4, 0.5) is 59.3 Å². The number of nitrogens with one attached hydrogen (secondary N) is 4. The zero-order valence-corrected chi connectivity index (χ0v) is 45.5. The van der Waals surface area contributed by atoms with Gasteiger partial charge in [-0.05, 0) is 101 Å². The van der Waals surface area contributed by atoms with Gasteiger partial charge in [0.2, 0.25) is 5.91 Å². The molecule has 2 bridgehead atoms. The Morgan fingerprint density at radius 3 is 1.85 bits per heavy atom. The first kappa shape index (κ1) is 62.4. The normalized spacial score (nSPS) is 18.4. The molecule has 5 N–H and O–H groups in total. The predicted molar refractivity (Wildman–Crippen MR) is 274 cm³/mol. The number of halogens is 10. The molecule has 0 spiro atoms. The van der Waals surface area contributed by atoms with Crippen LogP contribution in [0.1, 0.15) is 74.9 Å². The van der Waals surface area contributed by atoms with Crippen LogP contribution in [0, 0.1) is 41.2 Å². The van der Waals surface area contributed by atoms with E-state index < -0.39 is 115 Å². The number of aromatic nitrogens is 3. The number of nitrogens with zero attached hydrogens (tertiary/aromatic N) is 6. The van der Waals surface area contributed by atoms with Crippen molar-refractivity contribution < 1.29 is 82.4 Å². The standard InChI is InChI=1S/C54H62F10N10O8/c1-29-18-43(71-23-34-14-15-35(24-71)74(34)36-27-82-28-36)65-22-32(29)13-12-30-8-10-31(11-9-30)19-41(66-46(76)44(67-49(78)80-6)51(2,3)53(59,60)61)42(75)26-72(70-47(77)45(68-50(79)81-7)52(4,5)54(62,63)64)25-37-38(55)20-33(21-39(37)56)40-16-17-73(69-40)48(57)58/h8-11,16-18,20-22,34-36,41-42,44-45,48,75H,14-15,19,23-28H2,1-7H3,(H,66,76)(H,67,78)(H,68,79)(H,70,77)/t34?,35?,41-,42-,44?,45+/m0/s1. The second-order valence-electron chi connectivity index (χ2n) is 21.4. The Hall–Kier alpha value is -7.22. The Morgan fingerprint density at radius 1 is 0.805 bits per heavy atom. The van der Waals surface area contributed by atoms with Crippen LogP contribution in [-0.4, -0.2) is 156 Å². The van der Waals surface area contributed by atoms with Crippen molar-refractivity contribution >= 4 is 29.8 Å². The van der Waals surface area contributed by atoms with Crippen LogP contribution in [0.5, 0.6) is 0 Å². The van der Waals surface area contributed by atoms with E-state index in [4.69, 9.17) is 9.72 Å². The molecular weight excluding hydrogens is 1110 g/mol. The highest BCUT2D eigenvalue weighted by Crippen LogP contribution is 2.42. The number of anilines is 1. The van der Waals surface area contributed by atoms with Crippen LogP contribution in [0.25, 0.3) is 11.3 Å². The first-order valence-electron chi connectivity index (χ1n) is 25.8. The molecule has 2 aromatic carbocycles. The van der Waals surface area contributed by atoms with Gasteiger partial charge in [-0.15, -0.1) is 0 Å². The molecular formula is C54H62F10N10O8. The van der Waals surface area contributed by atoms with Crippen molar-refractivity contribution in [2.75, 3.05) is 52.0 Å². The molecule has 4 amide bonds. The number of carbonyl (C=O) groups is 4. The molecule has 446 valence electrons. The van der Waals surface area contributed by atoms with Crippen LogP contribution >= 0.6 is 0 Å². The van der Waals surface area contributed by atoms with E-state index in [0.717, 1.165) is 77.0 Å². The van der Waals surface area contributed by atoms with Gasteiger partial charge in [-0.25, -0.2) is 33.0 Å². The average Bonchev–Trinajstić information content (AvgIpc) is 4.15. The second kappa shape index (κ2) is 25.1. The Bertz CT molecular complexity index is 2980. The number of fused-ring (bicyclic) bond motifs is 2. The molecule has 7 rings (SSSR count). The first-order valence-corrected chi connectivity index (χ1v) is 25.8. The number of alkyl halides is 8. The number of rotatable bonds is 19. The van der Waals surface area contributed by atoms with Gasteiger partial charge in [-0.3, -0.25) is 19.9 Å². The number of aliphatic hydroxyl groups excluding tert-OH is 1. The quantitative estimate of drug-likeness (QED) is 0.0368. The molecule has 3 saturated heterocycles. The molecule has 3 fully saturated rings. The molecule has 0 radical (unpaired) electrons. The predicted octanol–water partition coefficient (Wildman–Crippen LogP) is 6.93. The highest BCUT2D eigenvalue weighted by atomic mass is 19.4. The Morgan fingerprint density at radius 2 is 1.37 bits per heavy atom. The van der Waals surface area contributed by atoms with Gasteiger partial charge >= 0.3 is 31.1 Å². The van der Waals surface area contributed by atoms with Crippen LogP contribution in [0.15, 0.2) is 60.9 Å². The van der Waals surface area contributed by atoms with Gasteiger partial charge in [0.15, 0.2) is 0 Å². The van der Waals surface area contributed by atoms with E-state index in [-0.39, 0.29) is 21.5 Å². The molecule has 82 heavy (non-hydrogen) atoms. The summed E-state index contributed by atoms with van der Waals surface area (Å²) in [6.45, 7) is 1.95. The fraction of sp³-hybridized carbons (Fsp3) is 0.519. The molecule has 3 unspecified atom stereocenters. The van der Waals surface area contributed by atoms with Gasteiger partial charge in [0.1, 0.15) is 29.5 Å². The largest absolute Gasteiger partial charge is 0.453 e. The van der Waals surface area contributed by atoms with E-state index >= 15 is 8.78 Å². The number of benzene rings is 2. The van der Waals surface area contributed by atoms with Crippen LogP contribution < -0.4 is 26.3 Å². The van der Waals surface area contributed by atoms with Gasteiger partial charge in [0, 0.05) is 72.9 Å². The summed E-state index contributed by atoms with van der Waals surface area (Å²) in [5, 5.41) is 22.1. The number of pyridine rings is 1. The third-order valence-electron chi connectivity index (χ3n) is 15.1. The maximum Gasteiger partial charge on any atom is 0.407 e. The van der Waals surface area contributed by atoms with E-state index in [9.17, 15) is 59.4 Å². The summed E-state index contributed by atoms with van der Waals surface area (Å²) in [7, 11) is 1.61. The summed E-state index contributed by atoms with van der Waals surface area (Å²) < 4.78 is 161. The maximum absolute atomic E-state index is 16.1. The molecule has 0 saturated carbocycles. The number of alkyl carbamates (subject to hydrolysis) is 2. The molecule has 28 heteroatoms. The maximum atomic E-state index is 16.1. The number of carbonyl (C=O) groups excluding carboxylic acids is 4. The minimum atomic E-state index is -5.23. The topological polar surface area (TPSA) is 205 Å². The number of hydrazine groups is 1. The lowest BCUT2D eigenvalue weighted by atomic mass is 9.82. The van der Waals surface area contributed by atoms with Crippen LogP contribution in [-0.2, 0) is 36.8 Å². The molecule has 5 heterocycles. The lowest BCUT2D eigenvalue weighted by Crippen LogP contribution is -2.63. The minimum Gasteiger partial charge on any atom is -0.453 e. The minimum absolute atomic E-state index is 0.200. The monoisotopic (exact) mass is 1170 g/mol. The number of piperazine rings is 1. The van der Waals surface area contributed by atoms with E-state index in [1.165, 1.54) is 12.1 Å². The molecule has 2 aromatic heterocycles. The van der Waals surface area contributed by atoms with Crippen molar-refractivity contribution in [2.24, 2.45) is 10.8 Å². The number of hydrogen-bond acceptors (Lipinski definition) is 13.